The Kier molecular flexibility index (Phi) is 3.81. The summed E-state index contributed by atoms with van der Waals surface area (Å²) in [4.78, 5) is 2.47. The molecule has 0 aliphatic carbocycles. The van der Waals surface area contributed by atoms with E-state index in [4.69, 9.17) is 9.47 Å². The summed E-state index contributed by atoms with van der Waals surface area (Å²) in [6.45, 7) is 3.88. The first-order valence-electron chi connectivity index (χ1n) is 6.99. The zero-order valence-corrected chi connectivity index (χ0v) is 10.8. The van der Waals surface area contributed by atoms with E-state index in [-0.39, 0.29) is 6.29 Å². The smallest absolute Gasteiger partial charge is 0.159 e. The molecule has 0 N–H and O–H groups in total. The molecule has 0 spiro atoms. The van der Waals surface area contributed by atoms with Gasteiger partial charge < -0.3 is 14.4 Å². The van der Waals surface area contributed by atoms with E-state index in [0.29, 0.717) is 0 Å². The predicted molar refractivity (Wildman–Crippen MR) is 71.9 cm³/mol. The molecule has 0 bridgehead atoms. The second-order valence-corrected chi connectivity index (χ2v) is 5.03. The molecule has 1 saturated heterocycles. The largest absolute Gasteiger partial charge is 0.371 e. The minimum absolute atomic E-state index is 0.00726. The van der Waals surface area contributed by atoms with Gasteiger partial charge in [-0.1, -0.05) is 18.2 Å². The Morgan fingerprint density at radius 2 is 1.94 bits per heavy atom. The number of fused-ring (bicyclic) bond motifs is 1. The molecule has 2 aliphatic heterocycles. The van der Waals surface area contributed by atoms with Gasteiger partial charge in [0.15, 0.2) is 6.29 Å². The number of aryl methyl sites for hydroxylation is 1. The number of rotatable bonds is 3. The number of anilines is 1. The van der Waals surface area contributed by atoms with Crippen LogP contribution in [0.15, 0.2) is 24.3 Å². The zero-order chi connectivity index (χ0) is 12.2. The summed E-state index contributed by atoms with van der Waals surface area (Å²) in [5.41, 5.74) is 2.88. The minimum atomic E-state index is 0.00726. The van der Waals surface area contributed by atoms with E-state index in [9.17, 15) is 0 Å². The summed E-state index contributed by atoms with van der Waals surface area (Å²) in [7, 11) is 0. The van der Waals surface area contributed by atoms with Gasteiger partial charge in [-0.2, -0.15) is 0 Å². The second kappa shape index (κ2) is 5.72. The van der Waals surface area contributed by atoms with Crippen LogP contribution in [-0.4, -0.2) is 32.6 Å². The van der Waals surface area contributed by atoms with Gasteiger partial charge in [-0.15, -0.1) is 0 Å². The standard InChI is InChI=1S/C15H21NO2/c1-2-7-14-13(5-1)6-3-9-16(14)10-8-15-17-11-4-12-18-15/h1-2,5,7,15H,3-4,6,8-12H2. The summed E-state index contributed by atoms with van der Waals surface area (Å²) in [5, 5.41) is 0. The maximum Gasteiger partial charge on any atom is 0.159 e. The quantitative estimate of drug-likeness (QED) is 0.819. The highest BCUT2D eigenvalue weighted by atomic mass is 16.7. The van der Waals surface area contributed by atoms with Crippen LogP contribution in [0.4, 0.5) is 5.69 Å². The first kappa shape index (κ1) is 12.0. The van der Waals surface area contributed by atoms with Crippen molar-refractivity contribution < 1.29 is 9.47 Å². The van der Waals surface area contributed by atoms with E-state index in [1.165, 1.54) is 24.1 Å². The molecule has 3 rings (SSSR count). The fourth-order valence-electron chi connectivity index (χ4n) is 2.81. The molecular weight excluding hydrogens is 226 g/mol. The van der Waals surface area contributed by atoms with Crippen molar-refractivity contribution in [3.8, 4) is 0 Å². The van der Waals surface area contributed by atoms with Gasteiger partial charge in [0.2, 0.25) is 0 Å². The third kappa shape index (κ3) is 2.68. The Bertz CT molecular complexity index is 388. The normalized spacial score (nSPS) is 20.8. The van der Waals surface area contributed by atoms with Gasteiger partial charge in [-0.25, -0.2) is 0 Å². The van der Waals surface area contributed by atoms with Crippen molar-refractivity contribution >= 4 is 5.69 Å². The van der Waals surface area contributed by atoms with Crippen molar-refractivity contribution in [2.24, 2.45) is 0 Å². The predicted octanol–water partition coefficient (Wildman–Crippen LogP) is 2.59. The van der Waals surface area contributed by atoms with Crippen LogP contribution in [0.25, 0.3) is 0 Å². The number of hydrogen-bond acceptors (Lipinski definition) is 3. The highest BCUT2D eigenvalue weighted by Crippen LogP contribution is 2.27. The molecule has 0 amide bonds. The fraction of sp³-hybridized carbons (Fsp3) is 0.600. The van der Waals surface area contributed by atoms with Gasteiger partial charge in [0.25, 0.3) is 0 Å². The summed E-state index contributed by atoms with van der Waals surface area (Å²) in [6.07, 6.45) is 4.47. The van der Waals surface area contributed by atoms with Crippen molar-refractivity contribution in [3.63, 3.8) is 0 Å². The van der Waals surface area contributed by atoms with Crippen LogP contribution in [0.1, 0.15) is 24.8 Å². The maximum atomic E-state index is 5.61. The Morgan fingerprint density at radius 1 is 1.11 bits per heavy atom. The first-order chi connectivity index (χ1) is 8.93. The molecule has 0 atom stereocenters. The minimum Gasteiger partial charge on any atom is -0.371 e. The van der Waals surface area contributed by atoms with Crippen LogP contribution in [0.2, 0.25) is 0 Å². The van der Waals surface area contributed by atoms with E-state index < -0.39 is 0 Å². The number of nitrogens with zero attached hydrogens (tertiary/aromatic N) is 1. The van der Waals surface area contributed by atoms with Crippen LogP contribution >= 0.6 is 0 Å². The van der Waals surface area contributed by atoms with E-state index in [0.717, 1.165) is 39.1 Å². The number of benzene rings is 1. The molecule has 3 heteroatoms. The third-order valence-corrected chi connectivity index (χ3v) is 3.74. The van der Waals surface area contributed by atoms with Crippen molar-refractivity contribution in [3.05, 3.63) is 29.8 Å². The molecule has 0 unspecified atom stereocenters. The van der Waals surface area contributed by atoms with Crippen LogP contribution < -0.4 is 4.90 Å². The fourth-order valence-corrected chi connectivity index (χ4v) is 2.81. The lowest BCUT2D eigenvalue weighted by molar-refractivity contribution is -0.179. The molecule has 3 nitrogen and oxygen atoms in total. The van der Waals surface area contributed by atoms with E-state index >= 15 is 0 Å². The molecule has 18 heavy (non-hydrogen) atoms. The molecule has 0 saturated carbocycles. The van der Waals surface area contributed by atoms with Crippen LogP contribution in [0.3, 0.4) is 0 Å². The molecule has 2 aliphatic rings. The molecule has 0 aromatic heterocycles. The molecule has 2 heterocycles. The van der Waals surface area contributed by atoms with Crippen LogP contribution in [0.5, 0.6) is 0 Å². The Labute approximate surface area is 109 Å². The number of hydrogen-bond donors (Lipinski definition) is 0. The number of ether oxygens (including phenoxy) is 2. The summed E-state index contributed by atoms with van der Waals surface area (Å²) >= 11 is 0. The monoisotopic (exact) mass is 247 g/mol. The number of para-hydroxylation sites is 1. The molecule has 1 aromatic rings. The van der Waals surface area contributed by atoms with E-state index in [2.05, 4.69) is 29.2 Å². The molecule has 0 radical (unpaired) electrons. The topological polar surface area (TPSA) is 21.7 Å². The van der Waals surface area contributed by atoms with Gasteiger partial charge in [-0.05, 0) is 30.9 Å². The lowest BCUT2D eigenvalue weighted by Gasteiger charge is -2.33. The van der Waals surface area contributed by atoms with Crippen molar-refractivity contribution in [2.75, 3.05) is 31.2 Å². The van der Waals surface area contributed by atoms with Crippen LogP contribution in [0, 0.1) is 0 Å². The van der Waals surface area contributed by atoms with Gasteiger partial charge in [-0.3, -0.25) is 0 Å². The molecule has 1 aromatic carbocycles. The molecule has 1 fully saturated rings. The average molecular weight is 247 g/mol. The first-order valence-corrected chi connectivity index (χ1v) is 6.99. The van der Waals surface area contributed by atoms with E-state index in [1.54, 1.807) is 0 Å². The van der Waals surface area contributed by atoms with Gasteiger partial charge in [0.05, 0.1) is 13.2 Å². The zero-order valence-electron chi connectivity index (χ0n) is 10.8. The van der Waals surface area contributed by atoms with E-state index in [1.807, 2.05) is 0 Å². The van der Waals surface area contributed by atoms with Gasteiger partial charge in [0.1, 0.15) is 0 Å². The van der Waals surface area contributed by atoms with Crippen molar-refractivity contribution in [2.45, 2.75) is 32.0 Å². The summed E-state index contributed by atoms with van der Waals surface area (Å²) in [6, 6.07) is 8.74. The molecule has 98 valence electrons. The van der Waals surface area contributed by atoms with Gasteiger partial charge >= 0.3 is 0 Å². The SMILES string of the molecule is c1ccc2c(c1)CCCN2CCC1OCCCO1. The Morgan fingerprint density at radius 3 is 2.83 bits per heavy atom. The van der Waals surface area contributed by atoms with Crippen molar-refractivity contribution in [1.29, 1.82) is 0 Å². The summed E-state index contributed by atoms with van der Waals surface area (Å²) < 4.78 is 11.2. The maximum absolute atomic E-state index is 5.61. The van der Waals surface area contributed by atoms with Crippen LogP contribution in [-0.2, 0) is 15.9 Å². The van der Waals surface area contributed by atoms with Gasteiger partial charge in [0, 0.05) is 25.2 Å². The average Bonchev–Trinajstić information content (AvgIpc) is 2.46. The second-order valence-electron chi connectivity index (χ2n) is 5.03. The molecular formula is C15H21NO2. The lowest BCUT2D eigenvalue weighted by Crippen LogP contribution is -2.34. The Balaban J connectivity index is 1.60. The lowest BCUT2D eigenvalue weighted by atomic mass is 10.0. The Hall–Kier alpha value is -1.06. The summed E-state index contributed by atoms with van der Waals surface area (Å²) in [5.74, 6) is 0. The van der Waals surface area contributed by atoms with Crippen molar-refractivity contribution in [1.82, 2.24) is 0 Å². The third-order valence-electron chi connectivity index (χ3n) is 3.74. The highest BCUT2D eigenvalue weighted by Gasteiger charge is 2.19. The highest BCUT2D eigenvalue weighted by molar-refractivity contribution is 5.55.